The van der Waals surface area contributed by atoms with Crippen molar-refractivity contribution in [1.82, 2.24) is 4.90 Å². The number of hydrogen-bond donors (Lipinski definition) is 0. The molecule has 7 nitrogen and oxygen atoms in total. The molecule has 1 amide bonds. The van der Waals surface area contributed by atoms with E-state index in [0.29, 0.717) is 18.9 Å². The number of rotatable bonds is 7. The molecule has 1 fully saturated rings. The molecule has 24 heavy (non-hydrogen) atoms. The van der Waals surface area contributed by atoms with Gasteiger partial charge in [-0.2, -0.15) is 0 Å². The van der Waals surface area contributed by atoms with Gasteiger partial charge in [0.05, 0.1) is 24.3 Å². The van der Waals surface area contributed by atoms with Crippen LogP contribution in [0.2, 0.25) is 0 Å². The van der Waals surface area contributed by atoms with Crippen molar-refractivity contribution in [3.8, 4) is 5.75 Å². The molecule has 0 N–H and O–H groups in total. The summed E-state index contributed by atoms with van der Waals surface area (Å²) in [7, 11) is 0. The smallest absolute Gasteiger partial charge is 0.311 e. The van der Waals surface area contributed by atoms with Gasteiger partial charge in [-0.3, -0.25) is 14.9 Å². The lowest BCUT2D eigenvalue weighted by Crippen LogP contribution is -2.32. The van der Waals surface area contributed by atoms with Crippen LogP contribution in [-0.2, 0) is 6.54 Å². The third kappa shape index (κ3) is 3.40. The molecule has 0 aliphatic heterocycles. The van der Waals surface area contributed by atoms with Gasteiger partial charge in [0, 0.05) is 17.7 Å². The Kier molecular flexibility index (Phi) is 4.50. The maximum absolute atomic E-state index is 12.8. The van der Waals surface area contributed by atoms with Crippen LogP contribution in [0, 0.1) is 10.1 Å². The molecule has 1 aliphatic carbocycles. The predicted octanol–water partition coefficient (Wildman–Crippen LogP) is 3.39. The number of carbonyl (C=O) groups is 1. The average Bonchev–Trinajstić information content (AvgIpc) is 3.28. The highest BCUT2D eigenvalue weighted by Crippen LogP contribution is 2.32. The number of carbonyl (C=O) groups excluding carboxylic acids is 1. The van der Waals surface area contributed by atoms with Crippen molar-refractivity contribution in [3.05, 3.63) is 58.0 Å². The minimum atomic E-state index is -0.532. The molecule has 2 aromatic rings. The topological polar surface area (TPSA) is 85.8 Å². The monoisotopic (exact) mass is 330 g/mol. The van der Waals surface area contributed by atoms with Gasteiger partial charge in [-0.1, -0.05) is 0 Å². The van der Waals surface area contributed by atoms with Crippen molar-refractivity contribution < 1.29 is 18.9 Å². The lowest BCUT2D eigenvalue weighted by molar-refractivity contribution is -0.385. The van der Waals surface area contributed by atoms with Crippen LogP contribution in [-0.4, -0.2) is 28.4 Å². The first-order valence-corrected chi connectivity index (χ1v) is 7.84. The van der Waals surface area contributed by atoms with Gasteiger partial charge in [0.15, 0.2) is 5.75 Å². The third-order valence-electron chi connectivity index (χ3n) is 3.86. The zero-order valence-corrected chi connectivity index (χ0v) is 13.3. The first kappa shape index (κ1) is 16.0. The summed E-state index contributed by atoms with van der Waals surface area (Å²) < 4.78 is 10.6. The summed E-state index contributed by atoms with van der Waals surface area (Å²) in [6.45, 7) is 2.43. The fraction of sp³-hybridized carbons (Fsp3) is 0.353. The van der Waals surface area contributed by atoms with Crippen LogP contribution in [0.4, 0.5) is 5.69 Å². The van der Waals surface area contributed by atoms with E-state index in [-0.39, 0.29) is 28.9 Å². The Morgan fingerprint density at radius 1 is 1.42 bits per heavy atom. The number of hydrogen-bond acceptors (Lipinski definition) is 5. The van der Waals surface area contributed by atoms with E-state index in [1.807, 2.05) is 6.07 Å². The maximum Gasteiger partial charge on any atom is 0.311 e. The second kappa shape index (κ2) is 6.74. The molecule has 1 aromatic heterocycles. The molecule has 7 heteroatoms. The molecule has 1 aliphatic rings. The second-order valence-corrected chi connectivity index (χ2v) is 5.62. The van der Waals surface area contributed by atoms with Crippen molar-refractivity contribution in [3.63, 3.8) is 0 Å². The van der Waals surface area contributed by atoms with Crippen LogP contribution < -0.4 is 4.74 Å². The van der Waals surface area contributed by atoms with Crippen molar-refractivity contribution in [2.24, 2.45) is 0 Å². The standard InChI is InChI=1S/C17H18N2O5/c1-2-23-16-8-5-12(10-15(16)19(21)22)17(20)18(13-6-7-13)11-14-4-3-9-24-14/h3-5,8-10,13H,2,6-7,11H2,1H3. The van der Waals surface area contributed by atoms with Crippen LogP contribution in [0.25, 0.3) is 0 Å². The SMILES string of the molecule is CCOc1ccc(C(=O)N(Cc2ccco2)C2CC2)cc1[N+](=O)[O-]. The Morgan fingerprint density at radius 3 is 2.79 bits per heavy atom. The first-order chi connectivity index (χ1) is 11.6. The van der Waals surface area contributed by atoms with Crippen molar-refractivity contribution in [2.75, 3.05) is 6.61 Å². The maximum atomic E-state index is 12.8. The van der Waals surface area contributed by atoms with E-state index in [0.717, 1.165) is 12.8 Å². The van der Waals surface area contributed by atoms with Crippen molar-refractivity contribution in [1.29, 1.82) is 0 Å². The fourth-order valence-electron chi connectivity index (χ4n) is 2.56. The molecule has 0 radical (unpaired) electrons. The van der Waals surface area contributed by atoms with E-state index in [9.17, 15) is 14.9 Å². The normalized spacial score (nSPS) is 13.5. The summed E-state index contributed by atoms with van der Waals surface area (Å²) in [5.74, 6) is 0.624. The Labute approximate surface area is 139 Å². The number of benzene rings is 1. The first-order valence-electron chi connectivity index (χ1n) is 7.84. The van der Waals surface area contributed by atoms with Gasteiger partial charge in [-0.15, -0.1) is 0 Å². The fourth-order valence-corrected chi connectivity index (χ4v) is 2.56. The van der Waals surface area contributed by atoms with E-state index in [4.69, 9.17) is 9.15 Å². The second-order valence-electron chi connectivity index (χ2n) is 5.62. The van der Waals surface area contributed by atoms with Crippen LogP contribution in [0.5, 0.6) is 5.75 Å². The summed E-state index contributed by atoms with van der Waals surface area (Å²) in [4.78, 5) is 25.2. The summed E-state index contributed by atoms with van der Waals surface area (Å²) in [6, 6.07) is 8.07. The van der Waals surface area contributed by atoms with Gasteiger partial charge in [-0.25, -0.2) is 0 Å². The molecule has 0 atom stereocenters. The quantitative estimate of drug-likeness (QED) is 0.574. The van der Waals surface area contributed by atoms with E-state index < -0.39 is 4.92 Å². The third-order valence-corrected chi connectivity index (χ3v) is 3.86. The number of furan rings is 1. The highest BCUT2D eigenvalue weighted by molar-refractivity contribution is 5.95. The molecule has 3 rings (SSSR count). The molecular weight excluding hydrogens is 312 g/mol. The largest absolute Gasteiger partial charge is 0.487 e. The lowest BCUT2D eigenvalue weighted by atomic mass is 10.1. The molecular formula is C17H18N2O5. The number of amides is 1. The van der Waals surface area contributed by atoms with Gasteiger partial charge in [0.1, 0.15) is 5.76 Å². The van der Waals surface area contributed by atoms with E-state index >= 15 is 0 Å². The average molecular weight is 330 g/mol. The number of nitro benzene ring substituents is 1. The Hall–Kier alpha value is -2.83. The van der Waals surface area contributed by atoms with Crippen molar-refractivity contribution in [2.45, 2.75) is 32.4 Å². The molecule has 1 saturated carbocycles. The van der Waals surface area contributed by atoms with Crippen LogP contribution >= 0.6 is 0 Å². The number of nitrogens with zero attached hydrogens (tertiary/aromatic N) is 2. The van der Waals surface area contributed by atoms with E-state index in [1.165, 1.54) is 12.1 Å². The van der Waals surface area contributed by atoms with Crippen LogP contribution in [0.1, 0.15) is 35.9 Å². The summed E-state index contributed by atoms with van der Waals surface area (Å²) in [6.07, 6.45) is 3.43. The zero-order chi connectivity index (χ0) is 17.1. The van der Waals surface area contributed by atoms with Crippen molar-refractivity contribution >= 4 is 11.6 Å². The molecule has 0 spiro atoms. The molecule has 0 unspecified atom stereocenters. The number of nitro groups is 1. The minimum absolute atomic E-state index is 0.160. The molecule has 0 saturated heterocycles. The van der Waals surface area contributed by atoms with Gasteiger partial charge in [-0.05, 0) is 44.0 Å². The van der Waals surface area contributed by atoms with Crippen LogP contribution in [0.3, 0.4) is 0 Å². The Balaban J connectivity index is 1.87. The highest BCUT2D eigenvalue weighted by atomic mass is 16.6. The Morgan fingerprint density at radius 2 is 2.21 bits per heavy atom. The summed E-state index contributed by atoms with van der Waals surface area (Å²) in [5.41, 5.74) is 0.0834. The molecule has 1 aromatic carbocycles. The minimum Gasteiger partial charge on any atom is -0.487 e. The lowest BCUT2D eigenvalue weighted by Gasteiger charge is -2.21. The Bertz CT molecular complexity index is 737. The molecule has 126 valence electrons. The molecule has 1 heterocycles. The predicted molar refractivity (Wildman–Crippen MR) is 85.9 cm³/mol. The van der Waals surface area contributed by atoms with Gasteiger partial charge in [0.2, 0.25) is 0 Å². The van der Waals surface area contributed by atoms with E-state index in [2.05, 4.69) is 0 Å². The van der Waals surface area contributed by atoms with Crippen LogP contribution in [0.15, 0.2) is 41.0 Å². The summed E-state index contributed by atoms with van der Waals surface area (Å²) in [5, 5.41) is 11.2. The molecule has 0 bridgehead atoms. The number of ether oxygens (including phenoxy) is 1. The van der Waals surface area contributed by atoms with Gasteiger partial charge >= 0.3 is 5.69 Å². The zero-order valence-electron chi connectivity index (χ0n) is 13.3. The van der Waals surface area contributed by atoms with E-state index in [1.54, 1.807) is 30.2 Å². The van der Waals surface area contributed by atoms with Gasteiger partial charge in [0.25, 0.3) is 5.91 Å². The highest BCUT2D eigenvalue weighted by Gasteiger charge is 2.34. The summed E-state index contributed by atoms with van der Waals surface area (Å²) >= 11 is 0. The van der Waals surface area contributed by atoms with Gasteiger partial charge < -0.3 is 14.1 Å².